The third-order valence-corrected chi connectivity index (χ3v) is 5.66. The van der Waals surface area contributed by atoms with Gasteiger partial charge in [0.15, 0.2) is 11.1 Å². The van der Waals surface area contributed by atoms with Gasteiger partial charge in [-0.3, -0.25) is 4.79 Å². The number of fused-ring (bicyclic) bond motifs is 1. The summed E-state index contributed by atoms with van der Waals surface area (Å²) in [7, 11) is 2.16. The minimum atomic E-state index is -0.0924. The van der Waals surface area contributed by atoms with Crippen LogP contribution in [0.5, 0.6) is 0 Å². The summed E-state index contributed by atoms with van der Waals surface area (Å²) >= 11 is 0. The standard InChI is InChI=1S/C24H24N6O/c1-28-13-15-29(16-14-28)19-9-7-18(8-10-19)26-24-25-17-21-22(31)11-12-30(23(21)27-24)20-5-3-2-4-6-20/h2-12,17H,13-16H2,1H3,(H,25,26,27). The van der Waals surface area contributed by atoms with E-state index >= 15 is 0 Å². The highest BCUT2D eigenvalue weighted by Crippen LogP contribution is 2.22. The smallest absolute Gasteiger partial charge is 0.229 e. The van der Waals surface area contributed by atoms with Crippen molar-refractivity contribution in [3.05, 3.63) is 83.3 Å². The van der Waals surface area contributed by atoms with Gasteiger partial charge in [-0.25, -0.2) is 4.98 Å². The number of hydrogen-bond donors (Lipinski definition) is 1. The Morgan fingerprint density at radius 2 is 1.61 bits per heavy atom. The van der Waals surface area contributed by atoms with Gasteiger partial charge in [-0.15, -0.1) is 0 Å². The molecule has 5 rings (SSSR count). The predicted molar refractivity (Wildman–Crippen MR) is 125 cm³/mol. The summed E-state index contributed by atoms with van der Waals surface area (Å²) in [6.07, 6.45) is 3.34. The highest BCUT2D eigenvalue weighted by atomic mass is 16.1. The summed E-state index contributed by atoms with van der Waals surface area (Å²) in [6.45, 7) is 4.23. The van der Waals surface area contributed by atoms with Gasteiger partial charge in [-0.1, -0.05) is 18.2 Å². The minimum Gasteiger partial charge on any atom is -0.369 e. The third-order valence-electron chi connectivity index (χ3n) is 5.66. The van der Waals surface area contributed by atoms with E-state index in [1.165, 1.54) is 5.69 Å². The summed E-state index contributed by atoms with van der Waals surface area (Å²) in [6, 6.07) is 19.7. The number of pyridine rings is 1. The topological polar surface area (TPSA) is 66.3 Å². The Morgan fingerprint density at radius 3 is 2.35 bits per heavy atom. The Bertz CT molecular complexity index is 1240. The summed E-state index contributed by atoms with van der Waals surface area (Å²) in [4.78, 5) is 26.1. The molecule has 1 saturated heterocycles. The van der Waals surface area contributed by atoms with Crippen LogP contribution in [0.15, 0.2) is 77.9 Å². The molecule has 0 bridgehead atoms. The number of piperazine rings is 1. The van der Waals surface area contributed by atoms with Crippen molar-refractivity contribution in [2.45, 2.75) is 0 Å². The molecule has 0 radical (unpaired) electrons. The lowest BCUT2D eigenvalue weighted by Crippen LogP contribution is -2.44. The van der Waals surface area contributed by atoms with Crippen molar-refractivity contribution in [1.82, 2.24) is 19.4 Å². The van der Waals surface area contributed by atoms with Crippen molar-refractivity contribution in [3.8, 4) is 5.69 Å². The molecule has 0 spiro atoms. The Hall–Kier alpha value is -3.71. The molecule has 7 nitrogen and oxygen atoms in total. The monoisotopic (exact) mass is 412 g/mol. The number of likely N-dealkylation sites (N-methyl/N-ethyl adjacent to an activating group) is 1. The molecule has 1 N–H and O–H groups in total. The van der Waals surface area contributed by atoms with Crippen LogP contribution in [0.25, 0.3) is 16.7 Å². The van der Waals surface area contributed by atoms with Crippen LogP contribution in [0.1, 0.15) is 0 Å². The molecule has 1 aliphatic heterocycles. The molecule has 7 heteroatoms. The van der Waals surface area contributed by atoms with Crippen LogP contribution >= 0.6 is 0 Å². The number of aromatic nitrogens is 3. The van der Waals surface area contributed by atoms with E-state index in [1.807, 2.05) is 47.0 Å². The van der Waals surface area contributed by atoms with E-state index < -0.39 is 0 Å². The SMILES string of the molecule is CN1CCN(c2ccc(Nc3ncc4c(=O)ccn(-c5ccccc5)c4n3)cc2)CC1. The molecule has 0 atom stereocenters. The fraction of sp³-hybridized carbons (Fsp3) is 0.208. The second-order valence-corrected chi connectivity index (χ2v) is 7.78. The van der Waals surface area contributed by atoms with E-state index in [2.05, 4.69) is 44.3 Å². The molecule has 0 aliphatic carbocycles. The summed E-state index contributed by atoms with van der Waals surface area (Å²) < 4.78 is 1.90. The fourth-order valence-electron chi connectivity index (χ4n) is 3.84. The zero-order chi connectivity index (χ0) is 21.2. The molecule has 1 fully saturated rings. The Morgan fingerprint density at radius 1 is 0.871 bits per heavy atom. The first-order chi connectivity index (χ1) is 15.2. The molecular weight excluding hydrogens is 388 g/mol. The Labute approximate surface area is 180 Å². The summed E-state index contributed by atoms with van der Waals surface area (Å²) in [5, 5.41) is 3.76. The maximum absolute atomic E-state index is 12.3. The van der Waals surface area contributed by atoms with Crippen LogP contribution in [-0.4, -0.2) is 52.7 Å². The van der Waals surface area contributed by atoms with Gasteiger partial charge < -0.3 is 19.7 Å². The number of rotatable bonds is 4. The highest BCUT2D eigenvalue weighted by molar-refractivity contribution is 5.77. The summed E-state index contributed by atoms with van der Waals surface area (Å²) in [5.74, 6) is 0.454. The zero-order valence-electron chi connectivity index (χ0n) is 17.4. The van der Waals surface area contributed by atoms with E-state index in [0.717, 1.165) is 37.6 Å². The highest BCUT2D eigenvalue weighted by Gasteiger charge is 2.14. The molecule has 0 saturated carbocycles. The number of nitrogens with zero attached hydrogens (tertiary/aromatic N) is 5. The van der Waals surface area contributed by atoms with E-state index in [4.69, 9.17) is 0 Å². The molecular formula is C24H24N6O. The average Bonchev–Trinajstić information content (AvgIpc) is 2.81. The number of benzene rings is 2. The maximum atomic E-state index is 12.3. The molecule has 31 heavy (non-hydrogen) atoms. The molecule has 2 aromatic heterocycles. The number of para-hydroxylation sites is 1. The van der Waals surface area contributed by atoms with Gasteiger partial charge in [-0.05, 0) is 43.4 Å². The first kappa shape index (κ1) is 19.3. The van der Waals surface area contributed by atoms with E-state index in [9.17, 15) is 4.79 Å². The lowest BCUT2D eigenvalue weighted by atomic mass is 10.2. The fourth-order valence-corrected chi connectivity index (χ4v) is 3.84. The van der Waals surface area contributed by atoms with Gasteiger partial charge in [0.2, 0.25) is 5.95 Å². The van der Waals surface area contributed by atoms with E-state index in [1.54, 1.807) is 18.5 Å². The molecule has 0 amide bonds. The molecule has 1 aliphatic rings. The van der Waals surface area contributed by atoms with Gasteiger partial charge in [0.25, 0.3) is 0 Å². The average molecular weight is 412 g/mol. The van der Waals surface area contributed by atoms with Crippen molar-refractivity contribution >= 4 is 28.4 Å². The quantitative estimate of drug-likeness (QED) is 0.555. The number of nitrogens with one attached hydrogen (secondary N) is 1. The van der Waals surface area contributed by atoms with Gasteiger partial charge >= 0.3 is 0 Å². The van der Waals surface area contributed by atoms with Gasteiger partial charge in [-0.2, -0.15) is 4.98 Å². The van der Waals surface area contributed by atoms with Crippen LogP contribution in [0.4, 0.5) is 17.3 Å². The van der Waals surface area contributed by atoms with Crippen molar-refractivity contribution in [3.63, 3.8) is 0 Å². The molecule has 4 aromatic rings. The lowest BCUT2D eigenvalue weighted by Gasteiger charge is -2.34. The number of hydrogen-bond acceptors (Lipinski definition) is 6. The minimum absolute atomic E-state index is 0.0924. The summed E-state index contributed by atoms with van der Waals surface area (Å²) in [5.41, 5.74) is 3.54. The predicted octanol–water partition coefficient (Wildman–Crippen LogP) is 3.28. The normalized spacial score (nSPS) is 14.7. The van der Waals surface area contributed by atoms with Gasteiger partial charge in [0, 0.05) is 61.7 Å². The second kappa shape index (κ2) is 8.20. The van der Waals surface area contributed by atoms with Crippen LogP contribution < -0.4 is 15.6 Å². The van der Waals surface area contributed by atoms with Crippen molar-refractivity contribution in [1.29, 1.82) is 0 Å². The second-order valence-electron chi connectivity index (χ2n) is 7.78. The van der Waals surface area contributed by atoms with Crippen LogP contribution in [0.2, 0.25) is 0 Å². The number of anilines is 3. The first-order valence-electron chi connectivity index (χ1n) is 10.4. The Kier molecular flexibility index (Phi) is 5.09. The largest absolute Gasteiger partial charge is 0.369 e. The molecule has 0 unspecified atom stereocenters. The lowest BCUT2D eigenvalue weighted by molar-refractivity contribution is 0.313. The third kappa shape index (κ3) is 4.00. The van der Waals surface area contributed by atoms with E-state index in [-0.39, 0.29) is 5.43 Å². The first-order valence-corrected chi connectivity index (χ1v) is 10.4. The Balaban J connectivity index is 1.42. The van der Waals surface area contributed by atoms with Gasteiger partial charge in [0.05, 0.1) is 5.39 Å². The maximum Gasteiger partial charge on any atom is 0.229 e. The van der Waals surface area contributed by atoms with Crippen LogP contribution in [0.3, 0.4) is 0 Å². The van der Waals surface area contributed by atoms with Gasteiger partial charge in [0.1, 0.15) is 0 Å². The van der Waals surface area contributed by atoms with Crippen molar-refractivity contribution in [2.24, 2.45) is 0 Å². The van der Waals surface area contributed by atoms with Crippen molar-refractivity contribution in [2.75, 3.05) is 43.4 Å². The van der Waals surface area contributed by atoms with Crippen LogP contribution in [0, 0.1) is 0 Å². The zero-order valence-corrected chi connectivity index (χ0v) is 17.4. The van der Waals surface area contributed by atoms with Crippen molar-refractivity contribution < 1.29 is 0 Å². The van der Waals surface area contributed by atoms with Crippen LogP contribution in [-0.2, 0) is 0 Å². The molecule has 3 heterocycles. The molecule has 2 aromatic carbocycles. The van der Waals surface area contributed by atoms with E-state index in [0.29, 0.717) is 17.0 Å². The molecule has 156 valence electrons.